The van der Waals surface area contributed by atoms with Crippen molar-refractivity contribution in [2.45, 2.75) is 44.9 Å². The van der Waals surface area contributed by atoms with Crippen LogP contribution in [0.3, 0.4) is 0 Å². The topological polar surface area (TPSA) is 70.6 Å². The number of hydrogen-bond donors (Lipinski definition) is 3. The normalized spacial score (nSPS) is 25.0. The van der Waals surface area contributed by atoms with Crippen LogP contribution in [0.15, 0.2) is 0 Å². The summed E-state index contributed by atoms with van der Waals surface area (Å²) in [7, 11) is 0. The lowest BCUT2D eigenvalue weighted by molar-refractivity contribution is -0.123. The summed E-state index contributed by atoms with van der Waals surface area (Å²) in [5, 5.41) is 15.1. The molecule has 16 heavy (non-hydrogen) atoms. The van der Waals surface area contributed by atoms with Gasteiger partial charge >= 0.3 is 0 Å². The zero-order valence-electron chi connectivity index (χ0n) is 10.0. The SMILES string of the molecule is CC(C)OCCCNC(=O)C1CC(O)CN1. The van der Waals surface area contributed by atoms with Crippen molar-refractivity contribution in [2.24, 2.45) is 0 Å². The highest BCUT2D eigenvalue weighted by molar-refractivity contribution is 5.82. The van der Waals surface area contributed by atoms with Crippen molar-refractivity contribution in [3.8, 4) is 0 Å². The lowest BCUT2D eigenvalue weighted by atomic mass is 10.2. The van der Waals surface area contributed by atoms with E-state index >= 15 is 0 Å². The number of rotatable bonds is 6. The fourth-order valence-electron chi connectivity index (χ4n) is 1.64. The summed E-state index contributed by atoms with van der Waals surface area (Å²) >= 11 is 0. The van der Waals surface area contributed by atoms with Gasteiger partial charge in [0.1, 0.15) is 0 Å². The summed E-state index contributed by atoms with van der Waals surface area (Å²) in [6, 6.07) is -0.235. The Morgan fingerprint density at radius 1 is 1.62 bits per heavy atom. The molecule has 0 radical (unpaired) electrons. The van der Waals surface area contributed by atoms with Crippen LogP contribution in [0.25, 0.3) is 0 Å². The summed E-state index contributed by atoms with van der Waals surface area (Å²) in [6.07, 6.45) is 1.18. The minimum atomic E-state index is -0.389. The molecule has 94 valence electrons. The number of nitrogens with one attached hydrogen (secondary N) is 2. The first-order chi connectivity index (χ1) is 7.59. The number of β-amino-alcohol motifs (C(OH)–C–C–N with tert-alkyl or cyclic N) is 1. The number of carbonyl (C=O) groups excluding carboxylic acids is 1. The Balaban J connectivity index is 2.02. The van der Waals surface area contributed by atoms with Gasteiger partial charge in [-0.3, -0.25) is 4.79 Å². The van der Waals surface area contributed by atoms with E-state index in [1.54, 1.807) is 0 Å². The van der Waals surface area contributed by atoms with E-state index in [9.17, 15) is 9.90 Å². The van der Waals surface area contributed by atoms with Crippen molar-refractivity contribution in [3.05, 3.63) is 0 Å². The van der Waals surface area contributed by atoms with E-state index in [-0.39, 0.29) is 24.2 Å². The fraction of sp³-hybridized carbons (Fsp3) is 0.909. The molecule has 0 saturated carbocycles. The van der Waals surface area contributed by atoms with Crippen LogP contribution in [0.2, 0.25) is 0 Å². The Labute approximate surface area is 96.6 Å². The molecule has 3 N–H and O–H groups in total. The molecule has 0 aromatic carbocycles. The monoisotopic (exact) mass is 230 g/mol. The Kier molecular flexibility index (Phi) is 5.73. The fourth-order valence-corrected chi connectivity index (χ4v) is 1.64. The van der Waals surface area contributed by atoms with Crippen LogP contribution in [0, 0.1) is 0 Å². The zero-order chi connectivity index (χ0) is 12.0. The molecule has 0 aromatic heterocycles. The predicted molar refractivity (Wildman–Crippen MR) is 61.1 cm³/mol. The summed E-state index contributed by atoms with van der Waals surface area (Å²) in [6.45, 7) is 5.78. The molecule has 2 unspecified atom stereocenters. The van der Waals surface area contributed by atoms with Crippen molar-refractivity contribution in [1.82, 2.24) is 10.6 Å². The molecule has 1 amide bonds. The van der Waals surface area contributed by atoms with Crippen molar-refractivity contribution in [1.29, 1.82) is 0 Å². The van der Waals surface area contributed by atoms with E-state index in [1.165, 1.54) is 0 Å². The first-order valence-corrected chi connectivity index (χ1v) is 5.90. The van der Waals surface area contributed by atoms with Crippen LogP contribution in [-0.2, 0) is 9.53 Å². The standard InChI is InChI=1S/C11H22N2O3/c1-8(2)16-5-3-4-12-11(15)10-6-9(14)7-13-10/h8-10,13-14H,3-7H2,1-2H3,(H,12,15). The average Bonchev–Trinajstić information content (AvgIpc) is 2.63. The Bertz CT molecular complexity index is 221. The van der Waals surface area contributed by atoms with Gasteiger partial charge in [0, 0.05) is 19.7 Å². The Hall–Kier alpha value is -0.650. The lowest BCUT2D eigenvalue weighted by Gasteiger charge is -2.11. The summed E-state index contributed by atoms with van der Waals surface area (Å²) in [4.78, 5) is 11.6. The number of aliphatic hydroxyl groups is 1. The minimum Gasteiger partial charge on any atom is -0.392 e. The maximum atomic E-state index is 11.6. The van der Waals surface area contributed by atoms with E-state index in [0.29, 0.717) is 26.1 Å². The van der Waals surface area contributed by atoms with Gasteiger partial charge in [-0.15, -0.1) is 0 Å². The van der Waals surface area contributed by atoms with Crippen LogP contribution in [0.4, 0.5) is 0 Å². The maximum absolute atomic E-state index is 11.6. The Morgan fingerprint density at radius 2 is 2.38 bits per heavy atom. The smallest absolute Gasteiger partial charge is 0.237 e. The van der Waals surface area contributed by atoms with Crippen molar-refractivity contribution in [3.63, 3.8) is 0 Å². The first-order valence-electron chi connectivity index (χ1n) is 5.90. The summed E-state index contributed by atoms with van der Waals surface area (Å²) < 4.78 is 5.36. The molecule has 0 aromatic rings. The van der Waals surface area contributed by atoms with Gasteiger partial charge in [-0.05, 0) is 26.7 Å². The molecule has 1 rings (SSSR count). The largest absolute Gasteiger partial charge is 0.392 e. The molecule has 5 heteroatoms. The molecule has 0 bridgehead atoms. The molecular weight excluding hydrogens is 208 g/mol. The third kappa shape index (κ3) is 4.92. The minimum absolute atomic E-state index is 0.0268. The van der Waals surface area contributed by atoms with E-state index in [0.717, 1.165) is 6.42 Å². The highest BCUT2D eigenvalue weighted by Crippen LogP contribution is 2.05. The van der Waals surface area contributed by atoms with E-state index < -0.39 is 0 Å². The van der Waals surface area contributed by atoms with Crippen LogP contribution in [0.5, 0.6) is 0 Å². The average molecular weight is 230 g/mol. The third-order valence-corrected chi connectivity index (χ3v) is 2.50. The van der Waals surface area contributed by atoms with Crippen LogP contribution < -0.4 is 10.6 Å². The second kappa shape index (κ2) is 6.83. The van der Waals surface area contributed by atoms with Crippen molar-refractivity contribution < 1.29 is 14.6 Å². The van der Waals surface area contributed by atoms with Gasteiger partial charge in [0.15, 0.2) is 0 Å². The Morgan fingerprint density at radius 3 is 2.94 bits per heavy atom. The van der Waals surface area contributed by atoms with Gasteiger partial charge in [-0.2, -0.15) is 0 Å². The maximum Gasteiger partial charge on any atom is 0.237 e. The zero-order valence-corrected chi connectivity index (χ0v) is 10.0. The van der Waals surface area contributed by atoms with E-state index in [2.05, 4.69) is 10.6 Å². The summed E-state index contributed by atoms with van der Waals surface area (Å²) in [5.74, 6) is -0.0268. The first kappa shape index (κ1) is 13.4. The quantitative estimate of drug-likeness (QED) is 0.545. The van der Waals surface area contributed by atoms with Crippen LogP contribution in [0.1, 0.15) is 26.7 Å². The number of ether oxygens (including phenoxy) is 1. The molecular formula is C11H22N2O3. The highest BCUT2D eigenvalue weighted by atomic mass is 16.5. The van der Waals surface area contributed by atoms with Gasteiger partial charge in [-0.25, -0.2) is 0 Å². The number of amides is 1. The van der Waals surface area contributed by atoms with Gasteiger partial charge in [-0.1, -0.05) is 0 Å². The summed E-state index contributed by atoms with van der Waals surface area (Å²) in [5.41, 5.74) is 0. The molecule has 1 aliphatic heterocycles. The lowest BCUT2D eigenvalue weighted by Crippen LogP contribution is -2.40. The van der Waals surface area contributed by atoms with Crippen LogP contribution in [-0.4, -0.2) is 49.0 Å². The molecule has 1 heterocycles. The molecule has 5 nitrogen and oxygen atoms in total. The van der Waals surface area contributed by atoms with Crippen LogP contribution >= 0.6 is 0 Å². The predicted octanol–water partition coefficient (Wildman–Crippen LogP) is -0.359. The highest BCUT2D eigenvalue weighted by Gasteiger charge is 2.27. The van der Waals surface area contributed by atoms with Crippen molar-refractivity contribution >= 4 is 5.91 Å². The molecule has 1 fully saturated rings. The molecule has 2 atom stereocenters. The number of aliphatic hydroxyl groups excluding tert-OH is 1. The second-order valence-electron chi connectivity index (χ2n) is 4.41. The number of carbonyl (C=O) groups is 1. The van der Waals surface area contributed by atoms with Gasteiger partial charge in [0.05, 0.1) is 18.2 Å². The molecule has 1 aliphatic rings. The molecule has 0 aliphatic carbocycles. The van der Waals surface area contributed by atoms with Gasteiger partial charge in [0.25, 0.3) is 0 Å². The van der Waals surface area contributed by atoms with Crippen molar-refractivity contribution in [2.75, 3.05) is 19.7 Å². The van der Waals surface area contributed by atoms with E-state index in [1.807, 2.05) is 13.8 Å². The molecule has 0 spiro atoms. The van der Waals surface area contributed by atoms with Gasteiger partial charge < -0.3 is 20.5 Å². The van der Waals surface area contributed by atoms with E-state index in [4.69, 9.17) is 4.74 Å². The molecule has 1 saturated heterocycles. The number of hydrogen-bond acceptors (Lipinski definition) is 4. The second-order valence-corrected chi connectivity index (χ2v) is 4.41. The van der Waals surface area contributed by atoms with Gasteiger partial charge in [0.2, 0.25) is 5.91 Å². The third-order valence-electron chi connectivity index (χ3n) is 2.50.